The number of piperidine rings is 1. The van der Waals surface area contributed by atoms with Crippen molar-refractivity contribution in [1.29, 1.82) is 0 Å². The minimum Gasteiger partial charge on any atom is -0.316 e. The molecule has 0 atom stereocenters. The van der Waals surface area contributed by atoms with E-state index in [2.05, 4.69) is 28.9 Å². The van der Waals surface area contributed by atoms with Gasteiger partial charge in [0.15, 0.2) is 0 Å². The van der Waals surface area contributed by atoms with Crippen molar-refractivity contribution in [3.05, 3.63) is 0 Å². The molecule has 0 bridgehead atoms. The van der Waals surface area contributed by atoms with Crippen LogP contribution in [0.1, 0.15) is 26.2 Å². The zero-order chi connectivity index (χ0) is 10.6. The molecule has 88 valence electrons. The molecule has 0 unspecified atom stereocenters. The SMILES string of the molecule is CCSCCN1CCC2(CCNC2)CC1. The van der Waals surface area contributed by atoms with Gasteiger partial charge in [-0.05, 0) is 50.1 Å². The predicted octanol–water partition coefficient (Wildman–Crippen LogP) is 1.82. The highest BCUT2D eigenvalue weighted by molar-refractivity contribution is 7.99. The van der Waals surface area contributed by atoms with Crippen LogP contribution in [0, 0.1) is 5.41 Å². The van der Waals surface area contributed by atoms with Crippen molar-refractivity contribution in [2.24, 2.45) is 5.41 Å². The number of hydrogen-bond donors (Lipinski definition) is 1. The van der Waals surface area contributed by atoms with Crippen LogP contribution < -0.4 is 5.32 Å². The number of rotatable bonds is 4. The van der Waals surface area contributed by atoms with E-state index in [1.807, 2.05) is 0 Å². The van der Waals surface area contributed by atoms with E-state index in [0.29, 0.717) is 5.41 Å². The topological polar surface area (TPSA) is 15.3 Å². The summed E-state index contributed by atoms with van der Waals surface area (Å²) in [5, 5.41) is 3.53. The van der Waals surface area contributed by atoms with Gasteiger partial charge in [0, 0.05) is 18.8 Å². The fourth-order valence-corrected chi connectivity index (χ4v) is 3.49. The first kappa shape index (κ1) is 11.7. The van der Waals surface area contributed by atoms with E-state index in [0.717, 1.165) is 0 Å². The monoisotopic (exact) mass is 228 g/mol. The maximum absolute atomic E-state index is 3.53. The van der Waals surface area contributed by atoms with E-state index in [1.54, 1.807) is 0 Å². The van der Waals surface area contributed by atoms with Gasteiger partial charge in [-0.2, -0.15) is 11.8 Å². The molecule has 0 amide bonds. The van der Waals surface area contributed by atoms with Crippen LogP contribution in [0.3, 0.4) is 0 Å². The van der Waals surface area contributed by atoms with Crippen molar-refractivity contribution >= 4 is 11.8 Å². The van der Waals surface area contributed by atoms with Crippen molar-refractivity contribution in [3.63, 3.8) is 0 Å². The van der Waals surface area contributed by atoms with Gasteiger partial charge in [-0.25, -0.2) is 0 Å². The van der Waals surface area contributed by atoms with E-state index in [-0.39, 0.29) is 0 Å². The number of nitrogens with one attached hydrogen (secondary N) is 1. The Balaban J connectivity index is 1.67. The van der Waals surface area contributed by atoms with Gasteiger partial charge in [0.25, 0.3) is 0 Å². The summed E-state index contributed by atoms with van der Waals surface area (Å²) in [4.78, 5) is 2.66. The number of thioether (sulfide) groups is 1. The molecule has 0 radical (unpaired) electrons. The molecule has 1 spiro atoms. The van der Waals surface area contributed by atoms with Crippen LogP contribution >= 0.6 is 11.8 Å². The zero-order valence-electron chi connectivity index (χ0n) is 9.93. The minimum absolute atomic E-state index is 0.689. The first-order chi connectivity index (χ1) is 7.35. The first-order valence-electron chi connectivity index (χ1n) is 6.35. The number of hydrogen-bond acceptors (Lipinski definition) is 3. The molecule has 0 aromatic heterocycles. The second kappa shape index (κ2) is 5.55. The molecule has 2 fully saturated rings. The Morgan fingerprint density at radius 3 is 2.67 bits per heavy atom. The van der Waals surface area contributed by atoms with E-state index >= 15 is 0 Å². The second-order valence-electron chi connectivity index (χ2n) is 4.97. The molecule has 2 rings (SSSR count). The zero-order valence-corrected chi connectivity index (χ0v) is 10.7. The van der Waals surface area contributed by atoms with Crippen molar-refractivity contribution in [3.8, 4) is 0 Å². The van der Waals surface area contributed by atoms with Gasteiger partial charge in [0.05, 0.1) is 0 Å². The van der Waals surface area contributed by atoms with Crippen LogP contribution in [-0.4, -0.2) is 49.1 Å². The lowest BCUT2D eigenvalue weighted by Crippen LogP contribution is -2.41. The third kappa shape index (κ3) is 3.11. The maximum Gasteiger partial charge on any atom is 0.00723 e. The summed E-state index contributed by atoms with van der Waals surface area (Å²) in [6.07, 6.45) is 4.28. The van der Waals surface area contributed by atoms with Crippen LogP contribution in [-0.2, 0) is 0 Å². The molecule has 2 nitrogen and oxygen atoms in total. The van der Waals surface area contributed by atoms with Crippen LogP contribution in [0.2, 0.25) is 0 Å². The quantitative estimate of drug-likeness (QED) is 0.739. The second-order valence-corrected chi connectivity index (χ2v) is 6.36. The van der Waals surface area contributed by atoms with Gasteiger partial charge in [-0.3, -0.25) is 0 Å². The summed E-state index contributed by atoms with van der Waals surface area (Å²) in [7, 11) is 0. The summed E-state index contributed by atoms with van der Waals surface area (Å²) < 4.78 is 0. The molecule has 2 aliphatic rings. The molecular weight excluding hydrogens is 204 g/mol. The smallest absolute Gasteiger partial charge is 0.00723 e. The van der Waals surface area contributed by atoms with Crippen LogP contribution in [0.15, 0.2) is 0 Å². The van der Waals surface area contributed by atoms with Crippen molar-refractivity contribution < 1.29 is 0 Å². The summed E-state index contributed by atoms with van der Waals surface area (Å²) in [5.41, 5.74) is 0.689. The average Bonchev–Trinajstić information content (AvgIpc) is 2.71. The third-order valence-corrected chi connectivity index (χ3v) is 4.88. The Bertz CT molecular complexity index is 180. The normalized spacial score (nSPS) is 26.2. The van der Waals surface area contributed by atoms with Crippen LogP contribution in [0.5, 0.6) is 0 Å². The lowest BCUT2D eigenvalue weighted by molar-refractivity contribution is 0.124. The van der Waals surface area contributed by atoms with Gasteiger partial charge in [0.1, 0.15) is 0 Å². The molecule has 0 aromatic carbocycles. The maximum atomic E-state index is 3.53. The van der Waals surface area contributed by atoms with E-state index < -0.39 is 0 Å². The molecule has 1 N–H and O–H groups in total. The fraction of sp³-hybridized carbons (Fsp3) is 1.00. The molecule has 0 aromatic rings. The summed E-state index contributed by atoms with van der Waals surface area (Å²) in [5.74, 6) is 2.59. The molecule has 2 heterocycles. The molecule has 2 aliphatic heterocycles. The van der Waals surface area contributed by atoms with Crippen molar-refractivity contribution in [2.75, 3.05) is 44.2 Å². The first-order valence-corrected chi connectivity index (χ1v) is 7.51. The lowest BCUT2D eigenvalue weighted by Gasteiger charge is -2.38. The van der Waals surface area contributed by atoms with Gasteiger partial charge in [-0.1, -0.05) is 6.92 Å². The van der Waals surface area contributed by atoms with Crippen LogP contribution in [0.4, 0.5) is 0 Å². The Labute approximate surface area is 98.2 Å². The average molecular weight is 228 g/mol. The third-order valence-electron chi connectivity index (χ3n) is 4.00. The van der Waals surface area contributed by atoms with E-state index in [1.165, 1.54) is 63.5 Å². The highest BCUT2D eigenvalue weighted by Crippen LogP contribution is 2.36. The van der Waals surface area contributed by atoms with Crippen molar-refractivity contribution in [2.45, 2.75) is 26.2 Å². The molecule has 3 heteroatoms. The fourth-order valence-electron chi connectivity index (χ4n) is 2.81. The number of likely N-dealkylation sites (tertiary alicyclic amines) is 1. The number of nitrogens with zero attached hydrogens (tertiary/aromatic N) is 1. The Morgan fingerprint density at radius 2 is 2.07 bits per heavy atom. The Morgan fingerprint density at radius 1 is 1.27 bits per heavy atom. The Hall–Kier alpha value is 0.270. The largest absolute Gasteiger partial charge is 0.316 e. The molecule has 15 heavy (non-hydrogen) atoms. The molecule has 0 saturated carbocycles. The molecular formula is C12H24N2S. The van der Waals surface area contributed by atoms with E-state index in [4.69, 9.17) is 0 Å². The molecule has 2 saturated heterocycles. The van der Waals surface area contributed by atoms with Gasteiger partial charge in [0.2, 0.25) is 0 Å². The summed E-state index contributed by atoms with van der Waals surface area (Å²) in [6.45, 7) is 8.77. The predicted molar refractivity (Wildman–Crippen MR) is 68.6 cm³/mol. The molecule has 0 aliphatic carbocycles. The van der Waals surface area contributed by atoms with Crippen molar-refractivity contribution in [1.82, 2.24) is 10.2 Å². The van der Waals surface area contributed by atoms with Gasteiger partial charge >= 0.3 is 0 Å². The van der Waals surface area contributed by atoms with Gasteiger partial charge in [-0.15, -0.1) is 0 Å². The summed E-state index contributed by atoms with van der Waals surface area (Å²) >= 11 is 2.07. The van der Waals surface area contributed by atoms with E-state index in [9.17, 15) is 0 Å². The lowest BCUT2D eigenvalue weighted by atomic mass is 9.78. The summed E-state index contributed by atoms with van der Waals surface area (Å²) in [6, 6.07) is 0. The minimum atomic E-state index is 0.689. The highest BCUT2D eigenvalue weighted by Gasteiger charge is 2.36. The Kier molecular flexibility index (Phi) is 4.35. The standard InChI is InChI=1S/C12H24N2S/c1-2-15-10-9-14-7-4-12(5-8-14)3-6-13-11-12/h13H,2-11H2,1H3. The van der Waals surface area contributed by atoms with Gasteiger partial charge < -0.3 is 10.2 Å². The van der Waals surface area contributed by atoms with Crippen LogP contribution in [0.25, 0.3) is 0 Å². The highest BCUT2D eigenvalue weighted by atomic mass is 32.2.